The lowest BCUT2D eigenvalue weighted by atomic mass is 10.1. The zero-order chi connectivity index (χ0) is 18.9. The first-order valence-electron chi connectivity index (χ1n) is 8.07. The molecule has 26 heavy (non-hydrogen) atoms. The summed E-state index contributed by atoms with van der Waals surface area (Å²) in [6, 6.07) is 14.1. The number of hydrogen-bond acceptors (Lipinski definition) is 4. The van der Waals surface area contributed by atoms with E-state index in [2.05, 4.69) is 5.32 Å². The van der Waals surface area contributed by atoms with E-state index in [9.17, 15) is 10.1 Å². The van der Waals surface area contributed by atoms with E-state index in [0.29, 0.717) is 34.4 Å². The minimum absolute atomic E-state index is 0.0470. The second-order valence-corrected chi connectivity index (χ2v) is 5.78. The maximum Gasteiger partial charge on any atom is 0.266 e. The quantitative estimate of drug-likeness (QED) is 0.567. The van der Waals surface area contributed by atoms with Crippen LogP contribution >= 0.6 is 11.6 Å². The molecule has 0 radical (unpaired) electrons. The van der Waals surface area contributed by atoms with Gasteiger partial charge in [-0.1, -0.05) is 36.7 Å². The molecule has 0 aliphatic rings. The van der Waals surface area contributed by atoms with Gasteiger partial charge in [-0.15, -0.1) is 0 Å². The number of amides is 1. The second-order valence-electron chi connectivity index (χ2n) is 5.37. The van der Waals surface area contributed by atoms with Crippen molar-refractivity contribution in [1.29, 1.82) is 5.26 Å². The molecule has 2 rings (SSSR count). The van der Waals surface area contributed by atoms with Crippen molar-refractivity contribution >= 4 is 29.3 Å². The lowest BCUT2D eigenvalue weighted by molar-refractivity contribution is -0.112. The molecule has 0 aliphatic heterocycles. The van der Waals surface area contributed by atoms with Crippen LogP contribution < -0.4 is 14.8 Å². The number of nitrogens with zero attached hydrogens (tertiary/aromatic N) is 1. The van der Waals surface area contributed by atoms with Gasteiger partial charge in [-0.2, -0.15) is 5.26 Å². The van der Waals surface area contributed by atoms with Crippen LogP contribution in [0.2, 0.25) is 5.02 Å². The van der Waals surface area contributed by atoms with E-state index in [-0.39, 0.29) is 5.57 Å². The molecule has 0 unspecified atom stereocenters. The van der Waals surface area contributed by atoms with E-state index in [1.165, 1.54) is 13.2 Å². The molecule has 6 heteroatoms. The first-order chi connectivity index (χ1) is 12.6. The van der Waals surface area contributed by atoms with Crippen molar-refractivity contribution in [2.45, 2.75) is 13.3 Å². The summed E-state index contributed by atoms with van der Waals surface area (Å²) in [6.07, 6.45) is 2.29. The van der Waals surface area contributed by atoms with Gasteiger partial charge < -0.3 is 14.8 Å². The largest absolute Gasteiger partial charge is 0.493 e. The molecule has 2 aromatic rings. The Morgan fingerprint density at radius 1 is 1.31 bits per heavy atom. The zero-order valence-corrected chi connectivity index (χ0v) is 15.3. The monoisotopic (exact) mass is 370 g/mol. The summed E-state index contributed by atoms with van der Waals surface area (Å²) in [7, 11) is 1.51. The second kappa shape index (κ2) is 9.50. The predicted molar refractivity (Wildman–Crippen MR) is 102 cm³/mol. The molecule has 0 heterocycles. The molecule has 134 valence electrons. The highest BCUT2D eigenvalue weighted by Crippen LogP contribution is 2.37. The van der Waals surface area contributed by atoms with Crippen LogP contribution in [0.15, 0.2) is 48.0 Å². The average Bonchev–Trinajstić information content (AvgIpc) is 2.65. The van der Waals surface area contributed by atoms with E-state index < -0.39 is 5.91 Å². The van der Waals surface area contributed by atoms with Crippen LogP contribution in [0.3, 0.4) is 0 Å². The first kappa shape index (κ1) is 19.4. The third-order valence-corrected chi connectivity index (χ3v) is 3.69. The highest BCUT2D eigenvalue weighted by molar-refractivity contribution is 6.32. The summed E-state index contributed by atoms with van der Waals surface area (Å²) in [5.41, 5.74) is 1.13. The number of ether oxygens (including phenoxy) is 2. The Hall–Kier alpha value is -2.97. The number of nitriles is 1. The number of benzene rings is 2. The molecule has 0 fully saturated rings. The smallest absolute Gasteiger partial charge is 0.266 e. The number of carbonyl (C=O) groups is 1. The van der Waals surface area contributed by atoms with Crippen LogP contribution in [-0.4, -0.2) is 19.6 Å². The van der Waals surface area contributed by atoms with Crippen molar-refractivity contribution < 1.29 is 14.3 Å². The van der Waals surface area contributed by atoms with Crippen LogP contribution in [0.1, 0.15) is 18.9 Å². The fraction of sp³-hybridized carbons (Fsp3) is 0.200. The first-order valence-corrected chi connectivity index (χ1v) is 8.45. The number of para-hydroxylation sites is 1. The van der Waals surface area contributed by atoms with Gasteiger partial charge in [0.25, 0.3) is 5.91 Å². The summed E-state index contributed by atoms with van der Waals surface area (Å²) in [4.78, 5) is 12.3. The number of nitrogens with one attached hydrogen (secondary N) is 1. The number of halogens is 1. The third kappa shape index (κ3) is 5.01. The van der Waals surface area contributed by atoms with Gasteiger partial charge >= 0.3 is 0 Å². The molecule has 2 aromatic carbocycles. The van der Waals surface area contributed by atoms with Gasteiger partial charge in [-0.25, -0.2) is 0 Å². The highest BCUT2D eigenvalue weighted by Gasteiger charge is 2.14. The molecule has 1 amide bonds. The molecule has 0 saturated carbocycles. The van der Waals surface area contributed by atoms with E-state index in [1.807, 2.05) is 19.1 Å². The van der Waals surface area contributed by atoms with Crippen LogP contribution in [0.4, 0.5) is 5.69 Å². The summed E-state index contributed by atoms with van der Waals surface area (Å²) < 4.78 is 10.9. The van der Waals surface area contributed by atoms with E-state index >= 15 is 0 Å². The van der Waals surface area contributed by atoms with Crippen molar-refractivity contribution in [3.05, 3.63) is 58.6 Å². The van der Waals surface area contributed by atoms with Crippen LogP contribution in [0.5, 0.6) is 11.5 Å². The van der Waals surface area contributed by atoms with Crippen molar-refractivity contribution in [3.8, 4) is 17.6 Å². The van der Waals surface area contributed by atoms with Gasteiger partial charge in [-0.3, -0.25) is 4.79 Å². The molecular formula is C20H19ClN2O3. The topological polar surface area (TPSA) is 71.3 Å². The van der Waals surface area contributed by atoms with E-state index in [1.54, 1.807) is 36.4 Å². The van der Waals surface area contributed by atoms with E-state index in [0.717, 1.165) is 6.42 Å². The van der Waals surface area contributed by atoms with Gasteiger partial charge in [0.05, 0.1) is 18.7 Å². The normalized spacial score (nSPS) is 10.8. The summed E-state index contributed by atoms with van der Waals surface area (Å²) in [5.74, 6) is 0.387. The third-order valence-electron chi connectivity index (χ3n) is 3.41. The maximum absolute atomic E-state index is 12.3. The van der Waals surface area contributed by atoms with Gasteiger partial charge in [0, 0.05) is 5.69 Å². The summed E-state index contributed by atoms with van der Waals surface area (Å²) >= 11 is 6.27. The Morgan fingerprint density at radius 3 is 2.65 bits per heavy atom. The van der Waals surface area contributed by atoms with Crippen molar-refractivity contribution in [3.63, 3.8) is 0 Å². The number of hydrogen-bond donors (Lipinski definition) is 1. The molecule has 0 bridgehead atoms. The van der Waals surface area contributed by atoms with Crippen LogP contribution in [0.25, 0.3) is 6.08 Å². The lowest BCUT2D eigenvalue weighted by Crippen LogP contribution is -2.13. The molecule has 0 saturated heterocycles. The fourth-order valence-corrected chi connectivity index (χ4v) is 2.48. The molecule has 0 spiro atoms. The van der Waals surface area contributed by atoms with Crippen molar-refractivity contribution in [1.82, 2.24) is 0 Å². The number of rotatable bonds is 7. The zero-order valence-electron chi connectivity index (χ0n) is 14.6. The Morgan fingerprint density at radius 2 is 2.04 bits per heavy atom. The average molecular weight is 371 g/mol. The number of methoxy groups -OCH3 is 1. The molecular weight excluding hydrogens is 352 g/mol. The minimum Gasteiger partial charge on any atom is -0.493 e. The SMILES string of the molecule is CCCOc1c(Cl)cc(C=C(C#N)C(=O)Nc2ccccc2)cc1OC. The summed E-state index contributed by atoms with van der Waals surface area (Å²) in [5, 5.41) is 12.4. The van der Waals surface area contributed by atoms with Gasteiger partial charge in [0.1, 0.15) is 11.6 Å². The van der Waals surface area contributed by atoms with Crippen molar-refractivity contribution in [2.24, 2.45) is 0 Å². The predicted octanol–water partition coefficient (Wildman–Crippen LogP) is 4.68. The van der Waals surface area contributed by atoms with Crippen LogP contribution in [0, 0.1) is 11.3 Å². The van der Waals surface area contributed by atoms with Gasteiger partial charge in [-0.05, 0) is 42.3 Å². The number of anilines is 1. The highest BCUT2D eigenvalue weighted by atomic mass is 35.5. The molecule has 5 nitrogen and oxygen atoms in total. The maximum atomic E-state index is 12.3. The molecule has 0 atom stereocenters. The Bertz CT molecular complexity index is 842. The fourth-order valence-electron chi connectivity index (χ4n) is 2.20. The van der Waals surface area contributed by atoms with E-state index in [4.69, 9.17) is 21.1 Å². The summed E-state index contributed by atoms with van der Waals surface area (Å²) in [6.45, 7) is 2.50. The van der Waals surface area contributed by atoms with Gasteiger partial charge in [0.15, 0.2) is 11.5 Å². The van der Waals surface area contributed by atoms with Crippen molar-refractivity contribution in [2.75, 3.05) is 19.0 Å². The number of carbonyl (C=O) groups excluding carboxylic acids is 1. The minimum atomic E-state index is -0.500. The molecule has 0 aliphatic carbocycles. The van der Waals surface area contributed by atoms with Gasteiger partial charge in [0.2, 0.25) is 0 Å². The molecule has 0 aromatic heterocycles. The Labute approximate surface area is 157 Å². The standard InChI is InChI=1S/C20H19ClN2O3/c1-3-9-26-19-17(21)11-14(12-18(19)25-2)10-15(13-22)20(24)23-16-7-5-4-6-8-16/h4-8,10-12H,3,9H2,1-2H3,(H,23,24). The lowest BCUT2D eigenvalue weighted by Gasteiger charge is -2.13. The Balaban J connectivity index is 2.29. The van der Waals surface area contributed by atoms with Crippen LogP contribution in [-0.2, 0) is 4.79 Å². The Kier molecular flexibility index (Phi) is 7.07. The molecule has 1 N–H and O–H groups in total.